The Hall–Kier alpha value is 0.130. The molecule has 0 heterocycles. The van der Waals surface area contributed by atoms with E-state index in [1.54, 1.807) is 0 Å². The van der Waals surface area contributed by atoms with Crippen molar-refractivity contribution in [2.75, 3.05) is 0 Å². The standard InChI is InChI=1S/C16H26O3S.Na.H/c1-4-13(3)7-6-8-14(5-2)15-9-11-16(12-10-15)20(17,18)19;;/h9-14H,4-8H2,1-3H3,(H,17,18,19);;/q;+1;-1. The van der Waals surface area contributed by atoms with E-state index < -0.39 is 10.1 Å². The van der Waals surface area contributed by atoms with E-state index in [1.807, 2.05) is 12.1 Å². The van der Waals surface area contributed by atoms with Crippen LogP contribution in [0.5, 0.6) is 0 Å². The van der Waals surface area contributed by atoms with Crippen LogP contribution in [0.1, 0.15) is 65.8 Å². The Bertz CT molecular complexity index is 503. The summed E-state index contributed by atoms with van der Waals surface area (Å²) in [6.07, 6.45) is 5.85. The molecule has 5 heteroatoms. The summed E-state index contributed by atoms with van der Waals surface area (Å²) in [5, 5.41) is 0. The Labute approximate surface area is 153 Å². The van der Waals surface area contributed by atoms with Gasteiger partial charge in [-0.2, -0.15) is 8.42 Å². The summed E-state index contributed by atoms with van der Waals surface area (Å²) in [5.41, 5.74) is 1.16. The predicted molar refractivity (Wildman–Crippen MR) is 83.7 cm³/mol. The zero-order valence-corrected chi connectivity index (χ0v) is 16.5. The largest absolute Gasteiger partial charge is 1.00 e. The normalized spacial score (nSPS) is 14.3. The van der Waals surface area contributed by atoms with E-state index in [4.69, 9.17) is 4.55 Å². The Morgan fingerprint density at radius 3 is 2.10 bits per heavy atom. The predicted octanol–water partition coefficient (Wildman–Crippen LogP) is 1.76. The summed E-state index contributed by atoms with van der Waals surface area (Å²) in [6, 6.07) is 6.62. The van der Waals surface area contributed by atoms with Gasteiger partial charge >= 0.3 is 29.6 Å². The van der Waals surface area contributed by atoms with Gasteiger partial charge in [-0.1, -0.05) is 52.2 Å². The third kappa shape index (κ3) is 7.29. The minimum atomic E-state index is -4.08. The molecule has 1 aromatic carbocycles. The molecule has 0 radical (unpaired) electrons. The molecular formula is C16H27NaO3S. The van der Waals surface area contributed by atoms with Gasteiger partial charge in [0.15, 0.2) is 0 Å². The van der Waals surface area contributed by atoms with Crippen molar-refractivity contribution in [3.63, 3.8) is 0 Å². The molecule has 1 N–H and O–H groups in total. The van der Waals surface area contributed by atoms with Crippen LogP contribution in [0.4, 0.5) is 0 Å². The van der Waals surface area contributed by atoms with Gasteiger partial charge in [0.1, 0.15) is 0 Å². The second kappa shape index (κ2) is 10.0. The van der Waals surface area contributed by atoms with Crippen molar-refractivity contribution < 1.29 is 44.0 Å². The summed E-state index contributed by atoms with van der Waals surface area (Å²) in [6.45, 7) is 6.66. The summed E-state index contributed by atoms with van der Waals surface area (Å²) in [7, 11) is -4.08. The van der Waals surface area contributed by atoms with Crippen molar-refractivity contribution >= 4 is 10.1 Å². The third-order valence-electron chi connectivity index (χ3n) is 4.09. The first-order valence-corrected chi connectivity index (χ1v) is 8.89. The molecular weight excluding hydrogens is 295 g/mol. The van der Waals surface area contributed by atoms with E-state index in [1.165, 1.54) is 31.4 Å². The first kappa shape index (κ1) is 21.1. The van der Waals surface area contributed by atoms with Crippen molar-refractivity contribution in [1.29, 1.82) is 0 Å². The van der Waals surface area contributed by atoms with Crippen molar-refractivity contribution in [1.82, 2.24) is 0 Å². The minimum absolute atomic E-state index is 0. The van der Waals surface area contributed by atoms with E-state index in [9.17, 15) is 8.42 Å². The fourth-order valence-electron chi connectivity index (χ4n) is 2.44. The zero-order valence-electron chi connectivity index (χ0n) is 14.7. The Kier molecular flexibility index (Phi) is 10.1. The SMILES string of the molecule is CCC(C)CCCC(CC)c1ccc(S(=O)(=O)O)cc1.[H-].[Na+]. The molecule has 0 saturated carbocycles. The van der Waals surface area contributed by atoms with Crippen LogP contribution in [0.15, 0.2) is 29.2 Å². The Balaban J connectivity index is 0. The van der Waals surface area contributed by atoms with Gasteiger partial charge < -0.3 is 1.43 Å². The van der Waals surface area contributed by atoms with Crippen molar-refractivity contribution in [3.8, 4) is 0 Å². The first-order chi connectivity index (χ1) is 9.38. The number of hydrogen-bond donors (Lipinski definition) is 1. The second-order valence-corrected chi connectivity index (χ2v) is 7.02. The van der Waals surface area contributed by atoms with Gasteiger partial charge in [-0.15, -0.1) is 0 Å². The molecule has 0 amide bonds. The summed E-state index contributed by atoms with van der Waals surface area (Å²) < 4.78 is 31.0. The molecule has 116 valence electrons. The van der Waals surface area contributed by atoms with Crippen LogP contribution < -0.4 is 29.6 Å². The van der Waals surface area contributed by atoms with E-state index in [0.29, 0.717) is 5.92 Å². The van der Waals surface area contributed by atoms with Crippen molar-refractivity contribution in [2.24, 2.45) is 5.92 Å². The topological polar surface area (TPSA) is 54.4 Å². The van der Waals surface area contributed by atoms with Gasteiger partial charge in [0.2, 0.25) is 0 Å². The molecule has 21 heavy (non-hydrogen) atoms. The number of rotatable bonds is 8. The molecule has 0 aliphatic carbocycles. The maximum atomic E-state index is 11.0. The van der Waals surface area contributed by atoms with Gasteiger partial charge in [-0.3, -0.25) is 4.55 Å². The van der Waals surface area contributed by atoms with Crippen LogP contribution in [0, 0.1) is 5.92 Å². The maximum absolute atomic E-state index is 11.0. The maximum Gasteiger partial charge on any atom is 1.00 e. The molecule has 2 unspecified atom stereocenters. The van der Waals surface area contributed by atoms with Crippen LogP contribution in [-0.4, -0.2) is 13.0 Å². The van der Waals surface area contributed by atoms with Gasteiger partial charge in [0, 0.05) is 0 Å². The fraction of sp³-hybridized carbons (Fsp3) is 0.625. The molecule has 0 aromatic heterocycles. The second-order valence-electron chi connectivity index (χ2n) is 5.59. The number of hydrogen-bond acceptors (Lipinski definition) is 2. The molecule has 1 aromatic rings. The van der Waals surface area contributed by atoms with E-state index in [2.05, 4.69) is 20.8 Å². The monoisotopic (exact) mass is 322 g/mol. The summed E-state index contributed by atoms with van der Waals surface area (Å²) in [5.74, 6) is 1.24. The van der Waals surface area contributed by atoms with Crippen molar-refractivity contribution in [2.45, 2.75) is 63.7 Å². The van der Waals surface area contributed by atoms with E-state index in [-0.39, 0.29) is 35.9 Å². The van der Waals surface area contributed by atoms with Crippen LogP contribution in [0.3, 0.4) is 0 Å². The molecule has 0 aliphatic heterocycles. The van der Waals surface area contributed by atoms with Gasteiger partial charge in [0.25, 0.3) is 10.1 Å². The minimum Gasteiger partial charge on any atom is -1.00 e. The smallest absolute Gasteiger partial charge is 1.00 e. The van der Waals surface area contributed by atoms with E-state index >= 15 is 0 Å². The Morgan fingerprint density at radius 1 is 1.10 bits per heavy atom. The van der Waals surface area contributed by atoms with E-state index in [0.717, 1.165) is 24.3 Å². The van der Waals surface area contributed by atoms with Crippen LogP contribution in [0.25, 0.3) is 0 Å². The average Bonchev–Trinajstić information content (AvgIpc) is 2.42. The summed E-state index contributed by atoms with van der Waals surface area (Å²) in [4.78, 5) is -0.0318. The van der Waals surface area contributed by atoms with Crippen LogP contribution >= 0.6 is 0 Å². The summed E-state index contributed by atoms with van der Waals surface area (Å²) >= 11 is 0. The quantitative estimate of drug-likeness (QED) is 0.586. The average molecular weight is 322 g/mol. The number of benzene rings is 1. The van der Waals surface area contributed by atoms with Crippen LogP contribution in [-0.2, 0) is 10.1 Å². The molecule has 0 fully saturated rings. The molecule has 0 saturated heterocycles. The third-order valence-corrected chi connectivity index (χ3v) is 4.96. The molecule has 0 spiro atoms. The molecule has 3 nitrogen and oxygen atoms in total. The molecule has 1 rings (SSSR count). The zero-order chi connectivity index (χ0) is 15.2. The van der Waals surface area contributed by atoms with Gasteiger partial charge in [0.05, 0.1) is 4.90 Å². The molecule has 2 atom stereocenters. The van der Waals surface area contributed by atoms with Crippen LogP contribution in [0.2, 0.25) is 0 Å². The van der Waals surface area contributed by atoms with Gasteiger partial charge in [-0.25, -0.2) is 0 Å². The van der Waals surface area contributed by atoms with Crippen molar-refractivity contribution in [3.05, 3.63) is 29.8 Å². The molecule has 0 bridgehead atoms. The first-order valence-electron chi connectivity index (χ1n) is 7.45. The Morgan fingerprint density at radius 2 is 1.67 bits per heavy atom. The molecule has 0 aliphatic rings. The fourth-order valence-corrected chi connectivity index (χ4v) is 2.92. The van der Waals surface area contributed by atoms with Gasteiger partial charge in [-0.05, 0) is 42.4 Å².